The molecule has 0 aliphatic carbocycles. The summed E-state index contributed by atoms with van der Waals surface area (Å²) in [5.41, 5.74) is -0.728. The van der Waals surface area contributed by atoms with Crippen LogP contribution < -0.4 is 10.2 Å². The summed E-state index contributed by atoms with van der Waals surface area (Å²) < 4.78 is 39.0. The van der Waals surface area contributed by atoms with Crippen molar-refractivity contribution in [1.82, 2.24) is 15.2 Å². The maximum Gasteiger partial charge on any atom is 0.416 e. The van der Waals surface area contributed by atoms with Gasteiger partial charge in [0.1, 0.15) is 12.4 Å². The third-order valence-electron chi connectivity index (χ3n) is 4.52. The predicted octanol–water partition coefficient (Wildman–Crippen LogP) is 3.94. The number of carbonyl (C=O) groups is 2. The van der Waals surface area contributed by atoms with E-state index in [0.717, 1.165) is 28.8 Å². The monoisotopic (exact) mass is 467 g/mol. The van der Waals surface area contributed by atoms with Gasteiger partial charge in [0.25, 0.3) is 0 Å². The summed E-state index contributed by atoms with van der Waals surface area (Å²) >= 11 is 2.71. The maximum atomic E-state index is 13.0. The number of halogens is 3. The fraction of sp³-hybridized carbons (Fsp3) is 0.263. The number of alkyl halides is 3. The molecule has 0 bridgehead atoms. The van der Waals surface area contributed by atoms with Gasteiger partial charge < -0.3 is 5.32 Å². The van der Waals surface area contributed by atoms with E-state index in [4.69, 9.17) is 0 Å². The molecule has 0 saturated carbocycles. The van der Waals surface area contributed by atoms with Crippen LogP contribution in [0.5, 0.6) is 0 Å². The number of H-pyrrole nitrogens is 1. The fourth-order valence-corrected chi connectivity index (χ4v) is 4.59. The molecule has 0 saturated heterocycles. The Labute approximate surface area is 183 Å². The van der Waals surface area contributed by atoms with E-state index >= 15 is 0 Å². The Balaban J connectivity index is 1.49. The molecule has 1 unspecified atom stereocenters. The number of thiophene rings is 1. The molecule has 3 heterocycles. The van der Waals surface area contributed by atoms with Crippen LogP contribution in [0.1, 0.15) is 23.2 Å². The van der Waals surface area contributed by atoms with Gasteiger partial charge >= 0.3 is 6.18 Å². The molecule has 162 valence electrons. The molecule has 1 aliphatic heterocycles. The second-order valence-electron chi connectivity index (χ2n) is 6.78. The van der Waals surface area contributed by atoms with Gasteiger partial charge in [0.2, 0.25) is 17.0 Å². The zero-order chi connectivity index (χ0) is 22.2. The Bertz CT molecular complexity index is 1110. The summed E-state index contributed by atoms with van der Waals surface area (Å²) in [5, 5.41) is 11.0. The van der Waals surface area contributed by atoms with Crippen LogP contribution in [0.15, 0.2) is 40.9 Å². The van der Waals surface area contributed by atoms with Crippen LogP contribution in [0.2, 0.25) is 0 Å². The maximum absolute atomic E-state index is 13.0. The van der Waals surface area contributed by atoms with E-state index in [0.29, 0.717) is 17.4 Å². The molecule has 2 N–H and O–H groups in total. The topological polar surface area (TPSA) is 91.0 Å². The Hall–Kier alpha value is -2.86. The number of nitrogens with one attached hydrogen (secondary N) is 2. The van der Waals surface area contributed by atoms with Gasteiger partial charge in [-0.2, -0.15) is 13.2 Å². The van der Waals surface area contributed by atoms with Crippen molar-refractivity contribution in [2.45, 2.75) is 29.9 Å². The number of aromatic nitrogens is 3. The first kappa shape index (κ1) is 21.4. The zero-order valence-electron chi connectivity index (χ0n) is 16.1. The van der Waals surface area contributed by atoms with E-state index < -0.39 is 28.8 Å². The van der Waals surface area contributed by atoms with E-state index in [2.05, 4.69) is 20.5 Å². The number of fused-ring (bicyclic) bond motifs is 1. The van der Waals surface area contributed by atoms with E-state index in [1.165, 1.54) is 11.0 Å². The molecule has 2 aromatic heterocycles. The van der Waals surface area contributed by atoms with E-state index in [9.17, 15) is 22.8 Å². The van der Waals surface area contributed by atoms with Crippen molar-refractivity contribution < 1.29 is 22.8 Å². The standard InChI is InChI=1S/C19H16F3N5O2S2/c1-10(31-18-24-15(25-26-18)8-12-3-2-6-30-12)17(29)27-9-16(28)23-13-7-11(19(20,21)22)4-5-14(13)27/h2-7,10H,8-9H2,1H3,(H,23,28)(H,24,25,26). The Morgan fingerprint density at radius 2 is 2.16 bits per heavy atom. The largest absolute Gasteiger partial charge is 0.416 e. The molecule has 1 aliphatic rings. The summed E-state index contributed by atoms with van der Waals surface area (Å²) in [6.45, 7) is 1.36. The highest BCUT2D eigenvalue weighted by Gasteiger charge is 2.35. The number of carbonyl (C=O) groups excluding carboxylic acids is 2. The number of benzene rings is 1. The fourth-order valence-electron chi connectivity index (χ4n) is 3.08. The molecule has 0 fully saturated rings. The summed E-state index contributed by atoms with van der Waals surface area (Å²) in [6, 6.07) is 6.84. The Kier molecular flexibility index (Phi) is 5.75. The number of anilines is 2. The lowest BCUT2D eigenvalue weighted by Crippen LogP contribution is -2.45. The number of aromatic amines is 1. The van der Waals surface area contributed by atoms with Crippen LogP contribution in [0.4, 0.5) is 24.5 Å². The van der Waals surface area contributed by atoms with Crippen molar-refractivity contribution >= 4 is 46.3 Å². The first-order valence-electron chi connectivity index (χ1n) is 9.13. The van der Waals surface area contributed by atoms with Gasteiger partial charge in [-0.25, -0.2) is 4.98 Å². The summed E-state index contributed by atoms with van der Waals surface area (Å²) in [4.78, 5) is 31.7. The Morgan fingerprint density at radius 1 is 1.35 bits per heavy atom. The molecule has 7 nitrogen and oxygen atoms in total. The SMILES string of the molecule is CC(Sc1n[nH]c(Cc2cccs2)n1)C(=O)N1CC(=O)Nc2cc(C(F)(F)F)ccc21. The van der Waals surface area contributed by atoms with Crippen molar-refractivity contribution in [1.29, 1.82) is 0 Å². The summed E-state index contributed by atoms with van der Waals surface area (Å²) in [5.74, 6) is -0.328. The van der Waals surface area contributed by atoms with Crippen molar-refractivity contribution in [3.63, 3.8) is 0 Å². The lowest BCUT2D eigenvalue weighted by molar-refractivity contribution is -0.137. The molecule has 31 heavy (non-hydrogen) atoms. The highest BCUT2D eigenvalue weighted by molar-refractivity contribution is 8.00. The highest BCUT2D eigenvalue weighted by Crippen LogP contribution is 2.37. The van der Waals surface area contributed by atoms with Gasteiger partial charge in [0.05, 0.1) is 22.2 Å². The molecule has 4 rings (SSSR count). The molecule has 1 aromatic carbocycles. The third-order valence-corrected chi connectivity index (χ3v) is 6.34. The van der Waals surface area contributed by atoms with E-state index in [-0.39, 0.29) is 17.9 Å². The van der Waals surface area contributed by atoms with Crippen LogP contribution in [-0.4, -0.2) is 38.8 Å². The smallest absolute Gasteiger partial charge is 0.323 e. The van der Waals surface area contributed by atoms with Crippen LogP contribution in [0.3, 0.4) is 0 Å². The van der Waals surface area contributed by atoms with Gasteiger partial charge in [0, 0.05) is 11.3 Å². The van der Waals surface area contributed by atoms with Crippen molar-refractivity contribution in [3.05, 3.63) is 52.0 Å². The average molecular weight is 467 g/mol. The quantitative estimate of drug-likeness (QED) is 0.555. The normalized spacial score (nSPS) is 14.8. The van der Waals surface area contributed by atoms with Crippen LogP contribution in [0, 0.1) is 0 Å². The Morgan fingerprint density at radius 3 is 2.87 bits per heavy atom. The second-order valence-corrected chi connectivity index (χ2v) is 9.12. The van der Waals surface area contributed by atoms with Gasteiger partial charge in [-0.3, -0.25) is 19.6 Å². The van der Waals surface area contributed by atoms with Crippen molar-refractivity contribution in [2.75, 3.05) is 16.8 Å². The third kappa shape index (κ3) is 4.74. The number of hydrogen-bond donors (Lipinski definition) is 2. The van der Waals surface area contributed by atoms with Gasteiger partial charge in [-0.1, -0.05) is 17.8 Å². The highest BCUT2D eigenvalue weighted by atomic mass is 32.2. The molecule has 2 amide bonds. The van der Waals surface area contributed by atoms with Crippen LogP contribution in [0.25, 0.3) is 0 Å². The molecule has 0 radical (unpaired) electrons. The number of rotatable bonds is 5. The van der Waals surface area contributed by atoms with Crippen molar-refractivity contribution in [3.8, 4) is 0 Å². The first-order valence-corrected chi connectivity index (χ1v) is 10.9. The lowest BCUT2D eigenvalue weighted by atomic mass is 10.1. The molecule has 12 heteroatoms. The number of amides is 2. The van der Waals surface area contributed by atoms with E-state index in [1.807, 2.05) is 17.5 Å². The van der Waals surface area contributed by atoms with Crippen molar-refractivity contribution in [2.24, 2.45) is 0 Å². The number of thioether (sulfide) groups is 1. The molecular formula is C19H16F3N5O2S2. The molecule has 1 atom stereocenters. The molecular weight excluding hydrogens is 451 g/mol. The minimum atomic E-state index is -4.55. The molecule has 3 aromatic rings. The van der Waals surface area contributed by atoms with Gasteiger partial charge in [-0.05, 0) is 36.6 Å². The summed E-state index contributed by atoms with van der Waals surface area (Å²) in [7, 11) is 0. The number of nitrogens with zero attached hydrogens (tertiary/aromatic N) is 3. The minimum Gasteiger partial charge on any atom is -0.323 e. The number of hydrogen-bond acceptors (Lipinski definition) is 6. The van der Waals surface area contributed by atoms with Gasteiger partial charge in [-0.15, -0.1) is 16.4 Å². The second kappa shape index (κ2) is 8.35. The lowest BCUT2D eigenvalue weighted by Gasteiger charge is -2.31. The summed E-state index contributed by atoms with van der Waals surface area (Å²) in [6.07, 6.45) is -3.96. The first-order chi connectivity index (χ1) is 14.7. The predicted molar refractivity (Wildman–Crippen MR) is 111 cm³/mol. The van der Waals surface area contributed by atoms with Crippen LogP contribution in [-0.2, 0) is 22.2 Å². The zero-order valence-corrected chi connectivity index (χ0v) is 17.7. The van der Waals surface area contributed by atoms with E-state index in [1.54, 1.807) is 18.3 Å². The molecule has 0 spiro atoms. The van der Waals surface area contributed by atoms with Crippen LogP contribution >= 0.6 is 23.1 Å². The average Bonchev–Trinajstić information content (AvgIpc) is 3.38. The minimum absolute atomic E-state index is 0.0484. The van der Waals surface area contributed by atoms with Gasteiger partial charge in [0.15, 0.2) is 0 Å².